The van der Waals surface area contributed by atoms with Gasteiger partial charge in [-0.3, -0.25) is 0 Å². The summed E-state index contributed by atoms with van der Waals surface area (Å²) in [4.78, 5) is 0. The monoisotopic (exact) mass is 216 g/mol. The van der Waals surface area contributed by atoms with Crippen molar-refractivity contribution in [2.24, 2.45) is 0 Å². The number of benzene rings is 1. The molecule has 0 bridgehead atoms. The minimum Gasteiger partial charge on any atom is -0.492 e. The fourth-order valence-electron chi connectivity index (χ4n) is 0.972. The maximum atomic E-state index is 5.98. The molecule has 0 N–H and O–H groups in total. The van der Waals surface area contributed by atoms with Crippen LogP contribution < -0.4 is 4.74 Å². The zero-order valence-electron chi connectivity index (χ0n) is 7.59. The van der Waals surface area contributed by atoms with Crippen LogP contribution in [0.1, 0.15) is 18.9 Å². The highest BCUT2D eigenvalue weighted by atomic mass is 35.5. The van der Waals surface area contributed by atoms with Gasteiger partial charge in [-0.25, -0.2) is 0 Å². The molecule has 0 heterocycles. The van der Waals surface area contributed by atoms with Crippen molar-refractivity contribution in [2.75, 3.05) is 6.61 Å². The summed E-state index contributed by atoms with van der Waals surface area (Å²) >= 11 is 10.1. The number of halogens is 1. The van der Waals surface area contributed by atoms with Crippen LogP contribution in [0.15, 0.2) is 18.2 Å². The summed E-state index contributed by atoms with van der Waals surface area (Å²) in [6, 6.07) is 5.76. The van der Waals surface area contributed by atoms with Gasteiger partial charge in [0.15, 0.2) is 0 Å². The van der Waals surface area contributed by atoms with Crippen molar-refractivity contribution >= 4 is 24.2 Å². The van der Waals surface area contributed by atoms with Crippen molar-refractivity contribution in [3.63, 3.8) is 0 Å². The largest absolute Gasteiger partial charge is 0.492 e. The minimum absolute atomic E-state index is 0.667. The molecule has 0 aliphatic heterocycles. The molecule has 0 spiro atoms. The third-order valence-corrected chi connectivity index (χ3v) is 2.30. The van der Waals surface area contributed by atoms with E-state index in [1.165, 1.54) is 0 Å². The van der Waals surface area contributed by atoms with Crippen molar-refractivity contribution in [1.29, 1.82) is 0 Å². The highest BCUT2D eigenvalue weighted by Crippen LogP contribution is 2.25. The molecule has 0 radical (unpaired) electrons. The van der Waals surface area contributed by atoms with Crippen molar-refractivity contribution in [3.8, 4) is 5.75 Å². The molecule has 72 valence electrons. The number of hydrogen-bond donors (Lipinski definition) is 1. The lowest BCUT2D eigenvalue weighted by Crippen LogP contribution is -1.95. The zero-order chi connectivity index (χ0) is 9.68. The predicted octanol–water partition coefficient (Wildman–Crippen LogP) is 3.56. The molecule has 0 aliphatic carbocycles. The first-order chi connectivity index (χ1) is 6.27. The SMILES string of the molecule is CCCOc1ccc(CS)cc1Cl. The maximum absolute atomic E-state index is 5.98. The van der Waals surface area contributed by atoms with Crippen molar-refractivity contribution in [2.45, 2.75) is 19.1 Å². The Labute approximate surface area is 89.5 Å². The normalized spacial score (nSPS) is 10.1. The van der Waals surface area contributed by atoms with Gasteiger partial charge in [0.05, 0.1) is 11.6 Å². The topological polar surface area (TPSA) is 9.23 Å². The molecular weight excluding hydrogens is 204 g/mol. The minimum atomic E-state index is 0.667. The maximum Gasteiger partial charge on any atom is 0.137 e. The Balaban J connectivity index is 2.73. The molecule has 0 saturated heterocycles. The Morgan fingerprint density at radius 1 is 1.46 bits per heavy atom. The summed E-state index contributed by atoms with van der Waals surface area (Å²) in [7, 11) is 0. The first-order valence-electron chi connectivity index (χ1n) is 4.30. The number of hydrogen-bond acceptors (Lipinski definition) is 2. The Bertz CT molecular complexity index is 276. The summed E-state index contributed by atoms with van der Waals surface area (Å²) < 4.78 is 5.43. The first-order valence-corrected chi connectivity index (χ1v) is 5.31. The quantitative estimate of drug-likeness (QED) is 0.758. The average molecular weight is 217 g/mol. The van der Waals surface area contributed by atoms with Crippen LogP contribution in [0.4, 0.5) is 0 Å². The van der Waals surface area contributed by atoms with Crippen LogP contribution >= 0.6 is 24.2 Å². The number of thiol groups is 1. The highest BCUT2D eigenvalue weighted by Gasteiger charge is 2.01. The van der Waals surface area contributed by atoms with E-state index in [9.17, 15) is 0 Å². The predicted molar refractivity (Wildman–Crippen MR) is 59.9 cm³/mol. The molecular formula is C10H13ClOS. The lowest BCUT2D eigenvalue weighted by atomic mass is 10.2. The Kier molecular flexibility index (Phi) is 4.46. The van der Waals surface area contributed by atoms with Crippen LogP contribution in [0.5, 0.6) is 5.75 Å². The molecule has 0 saturated carbocycles. The smallest absolute Gasteiger partial charge is 0.137 e. The lowest BCUT2D eigenvalue weighted by molar-refractivity contribution is 0.317. The van der Waals surface area contributed by atoms with Crippen LogP contribution in [0.25, 0.3) is 0 Å². The molecule has 0 fully saturated rings. The van der Waals surface area contributed by atoms with Crippen LogP contribution in [-0.4, -0.2) is 6.61 Å². The van der Waals surface area contributed by atoms with Crippen LogP contribution in [0, 0.1) is 0 Å². The second-order valence-electron chi connectivity index (χ2n) is 2.77. The van der Waals surface area contributed by atoms with E-state index < -0.39 is 0 Å². The molecule has 0 aromatic heterocycles. The van der Waals surface area contributed by atoms with E-state index in [1.807, 2.05) is 18.2 Å². The molecule has 0 amide bonds. The van der Waals surface area contributed by atoms with Gasteiger partial charge in [0.25, 0.3) is 0 Å². The Morgan fingerprint density at radius 2 is 2.23 bits per heavy atom. The molecule has 1 aromatic carbocycles. The highest BCUT2D eigenvalue weighted by molar-refractivity contribution is 7.79. The molecule has 1 rings (SSSR count). The first kappa shape index (κ1) is 10.7. The van der Waals surface area contributed by atoms with E-state index in [2.05, 4.69) is 19.6 Å². The molecule has 0 atom stereocenters. The van der Waals surface area contributed by atoms with Crippen molar-refractivity contribution in [1.82, 2.24) is 0 Å². The molecule has 1 aromatic rings. The van der Waals surface area contributed by atoms with Gasteiger partial charge in [0.1, 0.15) is 5.75 Å². The van der Waals surface area contributed by atoms with Gasteiger partial charge in [0, 0.05) is 5.75 Å². The van der Waals surface area contributed by atoms with Crippen molar-refractivity contribution in [3.05, 3.63) is 28.8 Å². The fourth-order valence-corrected chi connectivity index (χ4v) is 1.43. The summed E-state index contributed by atoms with van der Waals surface area (Å²) in [5.41, 5.74) is 1.11. The second-order valence-corrected chi connectivity index (χ2v) is 3.49. The zero-order valence-corrected chi connectivity index (χ0v) is 9.24. The summed E-state index contributed by atoms with van der Waals surface area (Å²) in [5.74, 6) is 1.46. The van der Waals surface area contributed by atoms with E-state index in [0.29, 0.717) is 17.4 Å². The third kappa shape index (κ3) is 3.12. The van der Waals surface area contributed by atoms with Gasteiger partial charge in [-0.05, 0) is 24.1 Å². The van der Waals surface area contributed by atoms with E-state index >= 15 is 0 Å². The van der Waals surface area contributed by atoms with Crippen LogP contribution in [-0.2, 0) is 5.75 Å². The van der Waals surface area contributed by atoms with Gasteiger partial charge in [0.2, 0.25) is 0 Å². The lowest BCUT2D eigenvalue weighted by Gasteiger charge is -2.07. The summed E-state index contributed by atoms with van der Waals surface area (Å²) in [6.45, 7) is 2.77. The average Bonchev–Trinajstić information content (AvgIpc) is 2.16. The number of rotatable bonds is 4. The Hall–Kier alpha value is -0.340. The summed E-state index contributed by atoms with van der Waals surface area (Å²) in [5, 5.41) is 0.667. The molecule has 0 unspecified atom stereocenters. The third-order valence-electron chi connectivity index (χ3n) is 1.64. The van der Waals surface area contributed by atoms with E-state index in [1.54, 1.807) is 0 Å². The van der Waals surface area contributed by atoms with E-state index in [0.717, 1.165) is 17.7 Å². The van der Waals surface area contributed by atoms with Crippen LogP contribution in [0.3, 0.4) is 0 Å². The van der Waals surface area contributed by atoms with E-state index in [-0.39, 0.29) is 0 Å². The van der Waals surface area contributed by atoms with Crippen LogP contribution in [0.2, 0.25) is 5.02 Å². The summed E-state index contributed by atoms with van der Waals surface area (Å²) in [6.07, 6.45) is 0.991. The fraction of sp³-hybridized carbons (Fsp3) is 0.400. The number of ether oxygens (including phenoxy) is 1. The van der Waals surface area contributed by atoms with Gasteiger partial charge in [-0.1, -0.05) is 24.6 Å². The second kappa shape index (κ2) is 5.40. The van der Waals surface area contributed by atoms with Gasteiger partial charge < -0.3 is 4.74 Å². The van der Waals surface area contributed by atoms with Crippen molar-refractivity contribution < 1.29 is 4.74 Å². The molecule has 1 nitrogen and oxygen atoms in total. The molecule has 13 heavy (non-hydrogen) atoms. The van der Waals surface area contributed by atoms with Gasteiger partial charge >= 0.3 is 0 Å². The van der Waals surface area contributed by atoms with E-state index in [4.69, 9.17) is 16.3 Å². The molecule has 3 heteroatoms. The molecule has 0 aliphatic rings. The Morgan fingerprint density at radius 3 is 2.77 bits per heavy atom. The standard InChI is InChI=1S/C10H13ClOS/c1-2-5-12-10-4-3-8(7-13)6-9(10)11/h3-4,6,13H,2,5,7H2,1H3. The van der Waals surface area contributed by atoms with Gasteiger partial charge in [-0.15, -0.1) is 0 Å². The van der Waals surface area contributed by atoms with Gasteiger partial charge in [-0.2, -0.15) is 12.6 Å².